The SMILES string of the molecule is CO[C@H]1C[C@H](C)Cc2cc(cc(O)c2O)NC(=O)C(C)=CCC[C@H](OC)[C@@H](OC(N)=O)C(C)=C[C@H](C)[C@H]1O. The lowest BCUT2D eigenvalue weighted by molar-refractivity contribution is -0.112. The molecule has 0 unspecified atom stereocenters. The first kappa shape index (κ1) is 31.1. The second kappa shape index (κ2) is 14.2. The number of amides is 2. The number of aliphatic hydroxyl groups excluding tert-OH is 1. The van der Waals surface area contributed by atoms with Crippen molar-refractivity contribution in [1.82, 2.24) is 0 Å². The van der Waals surface area contributed by atoms with Gasteiger partial charge in [-0.2, -0.15) is 0 Å². The van der Waals surface area contributed by atoms with Gasteiger partial charge >= 0.3 is 6.09 Å². The maximum Gasteiger partial charge on any atom is 0.405 e. The van der Waals surface area contributed by atoms with Crippen LogP contribution in [-0.4, -0.2) is 66.0 Å². The van der Waals surface area contributed by atoms with E-state index >= 15 is 0 Å². The van der Waals surface area contributed by atoms with Crippen molar-refractivity contribution in [3.8, 4) is 11.5 Å². The normalized spacial score (nSPS) is 28.1. The molecule has 1 aromatic carbocycles. The first-order chi connectivity index (χ1) is 17.9. The van der Waals surface area contributed by atoms with Gasteiger partial charge in [-0.25, -0.2) is 4.79 Å². The fourth-order valence-corrected chi connectivity index (χ4v) is 4.85. The summed E-state index contributed by atoms with van der Waals surface area (Å²) in [5.74, 6) is -1.37. The minimum Gasteiger partial charge on any atom is -0.504 e. The number of primary amides is 1. The van der Waals surface area contributed by atoms with Crippen molar-refractivity contribution in [3.05, 3.63) is 41.0 Å². The van der Waals surface area contributed by atoms with Gasteiger partial charge < -0.3 is 40.6 Å². The highest BCUT2D eigenvalue weighted by atomic mass is 16.6. The Morgan fingerprint density at radius 1 is 1.11 bits per heavy atom. The highest BCUT2D eigenvalue weighted by Crippen LogP contribution is 2.35. The number of nitrogens with one attached hydrogen (secondary N) is 1. The molecule has 0 aliphatic carbocycles. The third kappa shape index (κ3) is 8.47. The van der Waals surface area contributed by atoms with E-state index in [1.807, 2.05) is 19.9 Å². The number of benzene rings is 1. The Morgan fingerprint density at radius 3 is 2.37 bits per heavy atom. The Morgan fingerprint density at radius 2 is 1.76 bits per heavy atom. The van der Waals surface area contributed by atoms with Gasteiger partial charge in [0.05, 0.1) is 18.3 Å². The van der Waals surface area contributed by atoms with Crippen LogP contribution < -0.4 is 11.1 Å². The van der Waals surface area contributed by atoms with Gasteiger partial charge in [0.2, 0.25) is 0 Å². The van der Waals surface area contributed by atoms with Gasteiger partial charge in [0.15, 0.2) is 17.6 Å². The number of rotatable bonds is 3. The minimum absolute atomic E-state index is 0.0596. The molecule has 10 nitrogen and oxygen atoms in total. The number of carbonyl (C=O) groups is 2. The predicted molar refractivity (Wildman–Crippen MR) is 144 cm³/mol. The monoisotopic (exact) mass is 534 g/mol. The molecule has 1 aliphatic rings. The van der Waals surface area contributed by atoms with Crippen molar-refractivity contribution < 1.29 is 39.1 Å². The molecule has 0 aromatic heterocycles. The molecule has 0 saturated heterocycles. The molecular weight excluding hydrogens is 492 g/mol. The Kier molecular flexibility index (Phi) is 11.6. The molecule has 2 bridgehead atoms. The number of aliphatic hydroxyl groups is 1. The van der Waals surface area contributed by atoms with Gasteiger partial charge in [-0.3, -0.25) is 4.79 Å². The molecule has 6 N–H and O–H groups in total. The van der Waals surface area contributed by atoms with Crippen LogP contribution in [0.2, 0.25) is 0 Å². The Hall–Kier alpha value is -3.08. The smallest absolute Gasteiger partial charge is 0.405 e. The zero-order chi connectivity index (χ0) is 28.6. The van der Waals surface area contributed by atoms with E-state index in [0.717, 1.165) is 0 Å². The quantitative estimate of drug-likeness (QED) is 0.222. The lowest BCUT2D eigenvalue weighted by atomic mass is 9.88. The van der Waals surface area contributed by atoms with E-state index in [-0.39, 0.29) is 29.2 Å². The van der Waals surface area contributed by atoms with Gasteiger partial charge in [0.25, 0.3) is 5.91 Å². The molecule has 1 heterocycles. The summed E-state index contributed by atoms with van der Waals surface area (Å²) < 4.78 is 16.6. The maximum atomic E-state index is 12.8. The Balaban J connectivity index is 2.51. The number of phenols is 2. The van der Waals surface area contributed by atoms with E-state index in [0.29, 0.717) is 48.1 Å². The molecular formula is C28H42N2O8. The van der Waals surface area contributed by atoms with Crippen LogP contribution in [0.5, 0.6) is 11.5 Å². The first-order valence-corrected chi connectivity index (χ1v) is 12.8. The van der Waals surface area contributed by atoms with Gasteiger partial charge in [-0.05, 0) is 57.1 Å². The molecule has 1 aromatic rings. The highest BCUT2D eigenvalue weighted by molar-refractivity contribution is 6.03. The van der Waals surface area contributed by atoms with E-state index in [9.17, 15) is 24.9 Å². The van der Waals surface area contributed by atoms with Crippen LogP contribution in [0.1, 0.15) is 52.5 Å². The fourth-order valence-electron chi connectivity index (χ4n) is 4.85. The van der Waals surface area contributed by atoms with Gasteiger partial charge in [-0.1, -0.05) is 26.0 Å². The lowest BCUT2D eigenvalue weighted by Gasteiger charge is -2.30. The number of hydrogen-bond acceptors (Lipinski definition) is 8. The van der Waals surface area contributed by atoms with Crippen LogP contribution in [0.3, 0.4) is 0 Å². The van der Waals surface area contributed by atoms with Crippen LogP contribution in [0, 0.1) is 11.8 Å². The third-order valence-corrected chi connectivity index (χ3v) is 6.97. The number of ether oxygens (including phenoxy) is 3. The van der Waals surface area contributed by atoms with Crippen molar-refractivity contribution in [2.75, 3.05) is 19.5 Å². The van der Waals surface area contributed by atoms with E-state index < -0.39 is 30.5 Å². The van der Waals surface area contributed by atoms with Crippen LogP contribution in [0.15, 0.2) is 35.4 Å². The lowest BCUT2D eigenvalue weighted by Crippen LogP contribution is -2.37. The average Bonchev–Trinajstić information content (AvgIpc) is 2.85. The number of hydrogen-bond donors (Lipinski definition) is 5. The molecule has 2 amide bonds. The average molecular weight is 535 g/mol. The first-order valence-electron chi connectivity index (χ1n) is 12.8. The summed E-state index contributed by atoms with van der Waals surface area (Å²) in [6.07, 6.45) is 1.55. The van der Waals surface area contributed by atoms with Gasteiger partial charge in [-0.15, -0.1) is 0 Å². The number of methoxy groups -OCH3 is 2. The van der Waals surface area contributed by atoms with E-state index in [4.69, 9.17) is 19.9 Å². The number of phenolic OH excluding ortho intramolecular Hbond substituents is 2. The van der Waals surface area contributed by atoms with Gasteiger partial charge in [0, 0.05) is 43.0 Å². The minimum atomic E-state index is -0.945. The Labute approximate surface area is 224 Å². The summed E-state index contributed by atoms with van der Waals surface area (Å²) in [7, 11) is 3.03. The van der Waals surface area contributed by atoms with E-state index in [1.165, 1.54) is 20.3 Å². The van der Waals surface area contributed by atoms with Crippen LogP contribution in [-0.2, 0) is 25.4 Å². The number of carbonyl (C=O) groups excluding carboxylic acids is 2. The summed E-state index contributed by atoms with van der Waals surface area (Å²) >= 11 is 0. The molecule has 10 heteroatoms. The van der Waals surface area contributed by atoms with Crippen molar-refractivity contribution in [3.63, 3.8) is 0 Å². The summed E-state index contributed by atoms with van der Waals surface area (Å²) in [4.78, 5) is 24.5. The largest absolute Gasteiger partial charge is 0.504 e. The summed E-state index contributed by atoms with van der Waals surface area (Å²) in [6, 6.07) is 2.92. The number of aromatic hydroxyl groups is 2. The van der Waals surface area contributed by atoms with E-state index in [2.05, 4.69) is 5.32 Å². The zero-order valence-corrected chi connectivity index (χ0v) is 23.1. The van der Waals surface area contributed by atoms with Crippen molar-refractivity contribution >= 4 is 17.7 Å². The molecule has 2 rings (SSSR count). The van der Waals surface area contributed by atoms with Crippen molar-refractivity contribution in [1.29, 1.82) is 0 Å². The molecule has 0 spiro atoms. The topological polar surface area (TPSA) is 161 Å². The zero-order valence-electron chi connectivity index (χ0n) is 23.1. The summed E-state index contributed by atoms with van der Waals surface area (Å²) in [5.41, 5.74) is 7.27. The number of allylic oxidation sites excluding steroid dienone is 1. The number of fused-ring (bicyclic) bond motifs is 2. The molecule has 0 fully saturated rings. The summed E-state index contributed by atoms with van der Waals surface area (Å²) in [6.45, 7) is 7.24. The highest BCUT2D eigenvalue weighted by Gasteiger charge is 2.30. The van der Waals surface area contributed by atoms with Crippen LogP contribution >= 0.6 is 0 Å². The molecule has 0 saturated carbocycles. The van der Waals surface area contributed by atoms with E-state index in [1.54, 1.807) is 26.0 Å². The predicted octanol–water partition coefficient (Wildman–Crippen LogP) is 3.78. The molecule has 212 valence electrons. The standard InChI is InChI=1S/C28H42N2O8/c1-15-10-19-13-20(14-21(31)25(19)33)30-27(34)16(2)8-7-9-22(36-5)26(38-28(29)35)18(4)12-17(3)24(32)23(11-15)37-6/h8,12-15,17,22-24,26,31-33H,7,9-11H2,1-6H3,(H2,29,35)(H,30,34)/t15-,17+,22+,23+,24-,26+/m1/s1. The second-order valence-electron chi connectivity index (χ2n) is 10.1. The van der Waals surface area contributed by atoms with Gasteiger partial charge in [0.1, 0.15) is 0 Å². The van der Waals surface area contributed by atoms with Crippen LogP contribution in [0.25, 0.3) is 0 Å². The third-order valence-electron chi connectivity index (χ3n) is 6.97. The maximum absolute atomic E-state index is 12.8. The fraction of sp³-hybridized carbons (Fsp3) is 0.571. The Bertz CT molecular complexity index is 1040. The van der Waals surface area contributed by atoms with Crippen molar-refractivity contribution in [2.24, 2.45) is 17.6 Å². The summed E-state index contributed by atoms with van der Waals surface area (Å²) in [5, 5.41) is 34.6. The second-order valence-corrected chi connectivity index (χ2v) is 10.1. The molecule has 1 aliphatic heterocycles. The molecule has 0 radical (unpaired) electrons. The van der Waals surface area contributed by atoms with Crippen molar-refractivity contribution in [2.45, 2.75) is 77.8 Å². The van der Waals surface area contributed by atoms with Crippen LogP contribution in [0.4, 0.5) is 10.5 Å². The molecule has 6 atom stereocenters. The number of anilines is 1. The number of nitrogens with two attached hydrogens (primary N) is 1. The molecule has 38 heavy (non-hydrogen) atoms.